The molecule has 0 aromatic carbocycles. The molecule has 2 unspecified atom stereocenters. The first-order valence-corrected chi connectivity index (χ1v) is 6.33. The second kappa shape index (κ2) is 5.48. The zero-order valence-corrected chi connectivity index (χ0v) is 10.4. The number of hydrogen-bond donors (Lipinski definition) is 1. The van der Waals surface area contributed by atoms with Crippen LogP contribution in [0.4, 0.5) is 5.82 Å². The van der Waals surface area contributed by atoms with Crippen LogP contribution >= 0.6 is 11.6 Å². The number of aromatic nitrogens is 2. The molecule has 1 aromatic heterocycles. The highest BCUT2D eigenvalue weighted by Crippen LogP contribution is 2.28. The summed E-state index contributed by atoms with van der Waals surface area (Å²) >= 11 is 5.80. The van der Waals surface area contributed by atoms with Gasteiger partial charge in [0.25, 0.3) is 0 Å². The standard InChI is InChI=1S/C12H18ClN3/c1-9-3-2-4-10(5-9)7-14-12-6-11(13)15-8-16-12/h6,8-10H,2-5,7H2,1H3,(H,14,15,16). The quantitative estimate of drug-likeness (QED) is 0.822. The zero-order valence-electron chi connectivity index (χ0n) is 9.62. The Balaban J connectivity index is 1.82. The van der Waals surface area contributed by atoms with Crippen molar-refractivity contribution < 1.29 is 0 Å². The molecule has 0 bridgehead atoms. The highest BCUT2D eigenvalue weighted by molar-refractivity contribution is 6.29. The number of halogens is 1. The van der Waals surface area contributed by atoms with Crippen molar-refractivity contribution in [2.45, 2.75) is 32.6 Å². The van der Waals surface area contributed by atoms with Gasteiger partial charge in [-0.2, -0.15) is 0 Å². The van der Waals surface area contributed by atoms with Crippen molar-refractivity contribution in [1.82, 2.24) is 9.97 Å². The fourth-order valence-electron chi connectivity index (χ4n) is 2.42. The molecule has 1 N–H and O–H groups in total. The monoisotopic (exact) mass is 239 g/mol. The molecule has 16 heavy (non-hydrogen) atoms. The molecule has 1 fully saturated rings. The van der Waals surface area contributed by atoms with E-state index in [4.69, 9.17) is 11.6 Å². The van der Waals surface area contributed by atoms with Gasteiger partial charge >= 0.3 is 0 Å². The molecule has 2 rings (SSSR count). The van der Waals surface area contributed by atoms with Gasteiger partial charge in [-0.1, -0.05) is 31.4 Å². The van der Waals surface area contributed by atoms with Gasteiger partial charge in [0.05, 0.1) is 0 Å². The highest BCUT2D eigenvalue weighted by atomic mass is 35.5. The molecule has 1 aliphatic carbocycles. The second-order valence-corrected chi connectivity index (χ2v) is 5.13. The predicted molar refractivity (Wildman–Crippen MR) is 66.7 cm³/mol. The van der Waals surface area contributed by atoms with Crippen LogP contribution in [0.5, 0.6) is 0 Å². The maximum Gasteiger partial charge on any atom is 0.134 e. The fraction of sp³-hybridized carbons (Fsp3) is 0.667. The summed E-state index contributed by atoms with van der Waals surface area (Å²) in [6.45, 7) is 3.34. The van der Waals surface area contributed by atoms with E-state index in [0.717, 1.165) is 24.2 Å². The number of nitrogens with one attached hydrogen (secondary N) is 1. The van der Waals surface area contributed by atoms with E-state index in [1.54, 1.807) is 6.07 Å². The van der Waals surface area contributed by atoms with Gasteiger partial charge in [0.1, 0.15) is 17.3 Å². The molecule has 1 heterocycles. The fourth-order valence-corrected chi connectivity index (χ4v) is 2.57. The van der Waals surface area contributed by atoms with Crippen LogP contribution in [-0.4, -0.2) is 16.5 Å². The van der Waals surface area contributed by atoms with Gasteiger partial charge in [0, 0.05) is 12.6 Å². The lowest BCUT2D eigenvalue weighted by atomic mass is 9.82. The average Bonchev–Trinajstić information content (AvgIpc) is 2.27. The van der Waals surface area contributed by atoms with Gasteiger partial charge in [-0.25, -0.2) is 9.97 Å². The molecule has 0 aliphatic heterocycles. The van der Waals surface area contributed by atoms with Crippen molar-refractivity contribution in [3.8, 4) is 0 Å². The third-order valence-corrected chi connectivity index (χ3v) is 3.46. The molecule has 1 aromatic rings. The van der Waals surface area contributed by atoms with E-state index < -0.39 is 0 Å². The van der Waals surface area contributed by atoms with Crippen LogP contribution in [0.3, 0.4) is 0 Å². The normalized spacial score (nSPS) is 25.4. The summed E-state index contributed by atoms with van der Waals surface area (Å²) in [5, 5.41) is 3.84. The number of anilines is 1. The minimum Gasteiger partial charge on any atom is -0.370 e. The summed E-state index contributed by atoms with van der Waals surface area (Å²) in [5.74, 6) is 2.48. The molecule has 0 spiro atoms. The molecule has 0 amide bonds. The minimum atomic E-state index is 0.495. The Morgan fingerprint density at radius 3 is 3.06 bits per heavy atom. The third kappa shape index (κ3) is 3.34. The van der Waals surface area contributed by atoms with Gasteiger partial charge in [-0.05, 0) is 24.7 Å². The van der Waals surface area contributed by atoms with Gasteiger partial charge in [-0.3, -0.25) is 0 Å². The van der Waals surface area contributed by atoms with Crippen LogP contribution in [0.1, 0.15) is 32.6 Å². The highest BCUT2D eigenvalue weighted by Gasteiger charge is 2.18. The molecule has 0 saturated heterocycles. The van der Waals surface area contributed by atoms with Crippen molar-refractivity contribution in [1.29, 1.82) is 0 Å². The topological polar surface area (TPSA) is 37.8 Å². The van der Waals surface area contributed by atoms with Crippen LogP contribution < -0.4 is 5.32 Å². The first-order chi connectivity index (χ1) is 7.74. The molecular weight excluding hydrogens is 222 g/mol. The Morgan fingerprint density at radius 2 is 2.31 bits per heavy atom. The van der Waals surface area contributed by atoms with Crippen LogP contribution in [0.2, 0.25) is 5.15 Å². The Hall–Kier alpha value is -0.830. The van der Waals surface area contributed by atoms with Gasteiger partial charge in [0.2, 0.25) is 0 Å². The predicted octanol–water partition coefficient (Wildman–Crippen LogP) is 3.37. The van der Waals surface area contributed by atoms with E-state index in [-0.39, 0.29) is 0 Å². The average molecular weight is 240 g/mol. The van der Waals surface area contributed by atoms with Gasteiger partial charge in [0.15, 0.2) is 0 Å². The third-order valence-electron chi connectivity index (χ3n) is 3.25. The summed E-state index contributed by atoms with van der Waals surface area (Å²) in [4.78, 5) is 8.00. The SMILES string of the molecule is CC1CCCC(CNc2cc(Cl)ncn2)C1. The molecule has 4 heteroatoms. The molecule has 3 nitrogen and oxygen atoms in total. The Labute approximate surface area is 102 Å². The minimum absolute atomic E-state index is 0.495. The molecule has 0 radical (unpaired) electrons. The second-order valence-electron chi connectivity index (χ2n) is 4.74. The molecule has 2 atom stereocenters. The van der Waals surface area contributed by atoms with E-state index in [1.807, 2.05) is 0 Å². The van der Waals surface area contributed by atoms with Crippen LogP contribution in [0.15, 0.2) is 12.4 Å². The van der Waals surface area contributed by atoms with E-state index in [2.05, 4.69) is 22.2 Å². The van der Waals surface area contributed by atoms with E-state index in [9.17, 15) is 0 Å². The van der Waals surface area contributed by atoms with Crippen molar-refractivity contribution in [3.63, 3.8) is 0 Å². The maximum absolute atomic E-state index is 5.80. The summed E-state index contributed by atoms with van der Waals surface area (Å²) in [6, 6.07) is 1.77. The number of rotatable bonds is 3. The van der Waals surface area contributed by atoms with Crippen molar-refractivity contribution in [3.05, 3.63) is 17.5 Å². The van der Waals surface area contributed by atoms with Crippen molar-refractivity contribution in [2.75, 3.05) is 11.9 Å². The van der Waals surface area contributed by atoms with E-state index in [1.165, 1.54) is 32.0 Å². The molecule has 1 aliphatic rings. The maximum atomic E-state index is 5.80. The van der Waals surface area contributed by atoms with Crippen molar-refractivity contribution in [2.24, 2.45) is 11.8 Å². The van der Waals surface area contributed by atoms with Crippen LogP contribution in [0, 0.1) is 11.8 Å². The Bertz CT molecular complexity index is 343. The first-order valence-electron chi connectivity index (χ1n) is 5.95. The van der Waals surface area contributed by atoms with Crippen LogP contribution in [-0.2, 0) is 0 Å². The van der Waals surface area contributed by atoms with Crippen molar-refractivity contribution >= 4 is 17.4 Å². The van der Waals surface area contributed by atoms with Gasteiger partial charge in [-0.15, -0.1) is 0 Å². The Kier molecular flexibility index (Phi) is 3.99. The summed E-state index contributed by atoms with van der Waals surface area (Å²) in [5.41, 5.74) is 0. The van der Waals surface area contributed by atoms with E-state index >= 15 is 0 Å². The smallest absolute Gasteiger partial charge is 0.134 e. The zero-order chi connectivity index (χ0) is 11.4. The summed E-state index contributed by atoms with van der Waals surface area (Å²) < 4.78 is 0. The lowest BCUT2D eigenvalue weighted by Gasteiger charge is -2.26. The van der Waals surface area contributed by atoms with E-state index in [0.29, 0.717) is 5.15 Å². The summed E-state index contributed by atoms with van der Waals surface area (Å²) in [7, 11) is 0. The van der Waals surface area contributed by atoms with Gasteiger partial charge < -0.3 is 5.32 Å². The molecule has 88 valence electrons. The largest absolute Gasteiger partial charge is 0.370 e. The molecule has 1 saturated carbocycles. The van der Waals surface area contributed by atoms with Crippen LogP contribution in [0.25, 0.3) is 0 Å². The number of nitrogens with zero attached hydrogens (tertiary/aromatic N) is 2. The first kappa shape index (κ1) is 11.6. The number of hydrogen-bond acceptors (Lipinski definition) is 3. The lowest BCUT2D eigenvalue weighted by molar-refractivity contribution is 0.293. The lowest BCUT2D eigenvalue weighted by Crippen LogP contribution is -2.21. The molecular formula is C12H18ClN3. The summed E-state index contributed by atoms with van der Waals surface area (Å²) in [6.07, 6.45) is 6.89. The Morgan fingerprint density at radius 1 is 1.44 bits per heavy atom.